The third kappa shape index (κ3) is 4.18. The summed E-state index contributed by atoms with van der Waals surface area (Å²) in [4.78, 5) is 3.70. The van der Waals surface area contributed by atoms with Crippen LogP contribution in [-0.2, 0) is 6.42 Å². The molecule has 0 aromatic carbocycles. The number of hydrogen-bond acceptors (Lipinski definition) is 3. The zero-order valence-corrected chi connectivity index (χ0v) is 8.88. The molecule has 0 bridgehead atoms. The van der Waals surface area contributed by atoms with Crippen molar-refractivity contribution in [2.24, 2.45) is 5.73 Å². The van der Waals surface area contributed by atoms with Gasteiger partial charge in [-0.15, -0.1) is 0 Å². The Morgan fingerprint density at radius 2 is 2.06 bits per heavy atom. The summed E-state index contributed by atoms with van der Waals surface area (Å²) < 4.78 is 53.1. The smallest absolute Gasteiger partial charge is 0.340 e. The van der Waals surface area contributed by atoms with Crippen molar-refractivity contribution in [3.05, 3.63) is 23.9 Å². The largest absolute Gasteiger partial charge is 0.471 e. The summed E-state index contributed by atoms with van der Waals surface area (Å²) in [7, 11) is 0. The molecule has 1 heterocycles. The minimum atomic E-state index is -4.17. The monoisotopic (exact) mass is 252 g/mol. The maximum absolute atomic E-state index is 12.5. The van der Waals surface area contributed by atoms with E-state index >= 15 is 0 Å². The second-order valence-electron chi connectivity index (χ2n) is 3.39. The van der Waals surface area contributed by atoms with Crippen LogP contribution >= 0.6 is 0 Å². The molecule has 3 nitrogen and oxygen atoms in total. The summed E-state index contributed by atoms with van der Waals surface area (Å²) in [6.07, 6.45) is -1.75. The van der Waals surface area contributed by atoms with Gasteiger partial charge in [-0.3, -0.25) is 0 Å². The molecule has 17 heavy (non-hydrogen) atoms. The van der Waals surface area contributed by atoms with Crippen molar-refractivity contribution in [2.45, 2.75) is 18.8 Å². The van der Waals surface area contributed by atoms with Gasteiger partial charge in [0.25, 0.3) is 0 Å². The second-order valence-corrected chi connectivity index (χ2v) is 3.39. The van der Waals surface area contributed by atoms with Gasteiger partial charge in [0.15, 0.2) is 6.61 Å². The summed E-state index contributed by atoms with van der Waals surface area (Å²) >= 11 is 0. The number of alkyl halides is 4. The van der Waals surface area contributed by atoms with Crippen molar-refractivity contribution in [3.63, 3.8) is 0 Å². The van der Waals surface area contributed by atoms with Crippen LogP contribution in [0.25, 0.3) is 0 Å². The predicted molar refractivity (Wildman–Crippen MR) is 53.4 cm³/mol. The Morgan fingerprint density at radius 1 is 1.35 bits per heavy atom. The summed E-state index contributed by atoms with van der Waals surface area (Å²) in [5.74, 6) is -4.29. The quantitative estimate of drug-likeness (QED) is 0.786. The molecular weight excluding hydrogens is 240 g/mol. The third-order valence-corrected chi connectivity index (χ3v) is 1.96. The molecule has 0 atom stereocenters. The molecule has 2 N–H and O–H groups in total. The Labute approximate surface area is 95.6 Å². The molecule has 0 saturated heterocycles. The molecule has 0 saturated carbocycles. The van der Waals surface area contributed by atoms with Crippen LogP contribution in [-0.4, -0.2) is 30.5 Å². The summed E-state index contributed by atoms with van der Waals surface area (Å²) in [5, 5.41) is 0. The third-order valence-electron chi connectivity index (χ3n) is 1.96. The fourth-order valence-corrected chi connectivity index (χ4v) is 1.04. The first-order chi connectivity index (χ1) is 7.95. The predicted octanol–water partition coefficient (Wildman–Crippen LogP) is 1.86. The SMILES string of the molecule is NCCc1ccc(OCC(F)(F)C(F)F)nc1. The van der Waals surface area contributed by atoms with Gasteiger partial charge in [-0.2, -0.15) is 8.78 Å². The number of nitrogens with zero attached hydrogens (tertiary/aromatic N) is 1. The summed E-state index contributed by atoms with van der Waals surface area (Å²) in [6.45, 7) is -0.959. The lowest BCUT2D eigenvalue weighted by molar-refractivity contribution is -0.148. The van der Waals surface area contributed by atoms with Crippen molar-refractivity contribution < 1.29 is 22.3 Å². The Kier molecular flexibility index (Phi) is 4.68. The van der Waals surface area contributed by atoms with E-state index in [1.807, 2.05) is 0 Å². The van der Waals surface area contributed by atoms with Gasteiger partial charge in [0.05, 0.1) is 0 Å². The van der Waals surface area contributed by atoms with E-state index in [0.29, 0.717) is 13.0 Å². The molecule has 1 aromatic rings. The molecule has 1 aromatic heterocycles. The van der Waals surface area contributed by atoms with Crippen LogP contribution in [0.2, 0.25) is 0 Å². The number of halogens is 4. The van der Waals surface area contributed by atoms with Crippen molar-refractivity contribution >= 4 is 0 Å². The molecule has 0 fully saturated rings. The number of ether oxygens (including phenoxy) is 1. The van der Waals surface area contributed by atoms with Crippen LogP contribution in [0, 0.1) is 0 Å². The lowest BCUT2D eigenvalue weighted by atomic mass is 10.2. The first-order valence-corrected chi connectivity index (χ1v) is 4.89. The van der Waals surface area contributed by atoms with Crippen molar-refractivity contribution in [1.82, 2.24) is 4.98 Å². The van der Waals surface area contributed by atoms with E-state index in [4.69, 9.17) is 5.73 Å². The maximum Gasteiger partial charge on any atom is 0.340 e. The van der Waals surface area contributed by atoms with Crippen molar-refractivity contribution in [3.8, 4) is 5.88 Å². The Bertz CT molecular complexity index is 343. The zero-order valence-electron chi connectivity index (χ0n) is 8.88. The first-order valence-electron chi connectivity index (χ1n) is 4.89. The second kappa shape index (κ2) is 5.81. The average Bonchev–Trinajstić information content (AvgIpc) is 2.28. The highest BCUT2D eigenvalue weighted by Gasteiger charge is 2.41. The van der Waals surface area contributed by atoms with Gasteiger partial charge in [0.1, 0.15) is 0 Å². The first kappa shape index (κ1) is 13.7. The molecule has 1 rings (SSSR count). The number of rotatable bonds is 6. The highest BCUT2D eigenvalue weighted by Crippen LogP contribution is 2.23. The van der Waals surface area contributed by atoms with Gasteiger partial charge in [-0.05, 0) is 18.5 Å². The number of nitrogens with two attached hydrogens (primary N) is 1. The van der Waals surface area contributed by atoms with Crippen molar-refractivity contribution in [1.29, 1.82) is 0 Å². The standard InChI is InChI=1S/C10H12F4N2O/c11-9(12)10(13,14)6-17-8-2-1-7(3-4-15)5-16-8/h1-2,5,9H,3-4,6,15H2. The van der Waals surface area contributed by atoms with Crippen LogP contribution in [0.15, 0.2) is 18.3 Å². The summed E-state index contributed by atoms with van der Waals surface area (Å²) in [5.41, 5.74) is 6.13. The molecule has 0 spiro atoms. The lowest BCUT2D eigenvalue weighted by Gasteiger charge is -2.15. The van der Waals surface area contributed by atoms with Gasteiger partial charge in [-0.25, -0.2) is 13.8 Å². The van der Waals surface area contributed by atoms with Crippen LogP contribution in [0.4, 0.5) is 17.6 Å². The number of hydrogen-bond donors (Lipinski definition) is 1. The normalized spacial score (nSPS) is 11.9. The van der Waals surface area contributed by atoms with Gasteiger partial charge in [0.2, 0.25) is 5.88 Å². The summed E-state index contributed by atoms with van der Waals surface area (Å²) in [6, 6.07) is 2.93. The highest BCUT2D eigenvalue weighted by atomic mass is 19.3. The van der Waals surface area contributed by atoms with Gasteiger partial charge < -0.3 is 10.5 Å². The Balaban J connectivity index is 2.52. The van der Waals surface area contributed by atoms with Crippen LogP contribution in [0.1, 0.15) is 5.56 Å². The van der Waals surface area contributed by atoms with Crippen LogP contribution in [0.3, 0.4) is 0 Å². The molecule has 0 unspecified atom stereocenters. The van der Waals surface area contributed by atoms with E-state index < -0.39 is 19.0 Å². The molecule has 0 amide bonds. The highest BCUT2D eigenvalue weighted by molar-refractivity contribution is 5.18. The molecule has 0 radical (unpaired) electrons. The number of aromatic nitrogens is 1. The minimum absolute atomic E-state index is 0.119. The molecular formula is C10H12F4N2O. The fraction of sp³-hybridized carbons (Fsp3) is 0.500. The van der Waals surface area contributed by atoms with Crippen LogP contribution in [0.5, 0.6) is 5.88 Å². The van der Waals surface area contributed by atoms with E-state index in [2.05, 4.69) is 9.72 Å². The molecule has 0 aliphatic heterocycles. The van der Waals surface area contributed by atoms with Crippen molar-refractivity contribution in [2.75, 3.05) is 13.2 Å². The minimum Gasteiger partial charge on any atom is -0.471 e. The van der Waals surface area contributed by atoms with Gasteiger partial charge >= 0.3 is 12.3 Å². The van der Waals surface area contributed by atoms with Gasteiger partial charge in [-0.1, -0.05) is 6.07 Å². The molecule has 0 aliphatic rings. The van der Waals surface area contributed by atoms with E-state index in [1.165, 1.54) is 12.3 Å². The maximum atomic E-state index is 12.5. The molecule has 96 valence electrons. The average molecular weight is 252 g/mol. The van der Waals surface area contributed by atoms with E-state index in [9.17, 15) is 17.6 Å². The van der Waals surface area contributed by atoms with Crippen LogP contribution < -0.4 is 10.5 Å². The fourth-order valence-electron chi connectivity index (χ4n) is 1.04. The Morgan fingerprint density at radius 3 is 2.53 bits per heavy atom. The Hall–Kier alpha value is -1.37. The van der Waals surface area contributed by atoms with Gasteiger partial charge in [0, 0.05) is 12.3 Å². The number of pyridine rings is 1. The lowest BCUT2D eigenvalue weighted by Crippen LogP contribution is -2.33. The van der Waals surface area contributed by atoms with E-state index in [-0.39, 0.29) is 5.88 Å². The molecule has 7 heteroatoms. The van der Waals surface area contributed by atoms with E-state index in [0.717, 1.165) is 5.56 Å². The topological polar surface area (TPSA) is 48.1 Å². The zero-order chi connectivity index (χ0) is 12.9. The van der Waals surface area contributed by atoms with E-state index in [1.54, 1.807) is 6.07 Å². The molecule has 0 aliphatic carbocycles.